The molecule has 2 fully saturated rings. The van der Waals surface area contributed by atoms with Crippen LogP contribution >= 0.6 is 0 Å². The van der Waals surface area contributed by atoms with Gasteiger partial charge in [-0.05, 0) is 18.8 Å². The van der Waals surface area contributed by atoms with Crippen LogP contribution in [0.4, 0.5) is 0 Å². The topological polar surface area (TPSA) is 23.5 Å². The predicted molar refractivity (Wildman–Crippen MR) is 35.2 cm³/mol. The first-order valence-electron chi connectivity index (χ1n) is 3.75. The first-order chi connectivity index (χ1) is 4.34. The Labute approximate surface area is 55.5 Å². The molecular weight excluding hydrogens is 114 g/mol. The number of rotatable bonds is 2. The number of aliphatic hydroxyl groups is 1. The maximum absolute atomic E-state index is 8.91. The summed E-state index contributed by atoms with van der Waals surface area (Å²) >= 11 is 0. The van der Waals surface area contributed by atoms with Gasteiger partial charge in [-0.25, -0.2) is 0 Å². The molecule has 9 heavy (non-hydrogen) atoms. The third-order valence-corrected chi connectivity index (χ3v) is 2.15. The summed E-state index contributed by atoms with van der Waals surface area (Å²) in [6, 6.07) is 0. The number of β-amino-alcohol motifs (C(OH)–C–C–N with tert-alkyl or cyclic N) is 1. The summed E-state index contributed by atoms with van der Waals surface area (Å²) in [6.07, 6.45) is 2.84. The van der Waals surface area contributed by atoms with E-state index in [-0.39, 0.29) is 6.10 Å². The zero-order chi connectivity index (χ0) is 6.27. The Kier molecular flexibility index (Phi) is 1.24. The molecule has 1 heterocycles. The summed E-state index contributed by atoms with van der Waals surface area (Å²) in [5, 5.41) is 8.91. The van der Waals surface area contributed by atoms with E-state index in [1.807, 2.05) is 0 Å². The van der Waals surface area contributed by atoms with Gasteiger partial charge in [0.05, 0.1) is 6.10 Å². The molecule has 52 valence electrons. The molecular formula is C7H13NO. The van der Waals surface area contributed by atoms with Crippen molar-refractivity contribution in [3.63, 3.8) is 0 Å². The lowest BCUT2D eigenvalue weighted by Gasteiger charge is -2.35. The van der Waals surface area contributed by atoms with Crippen LogP contribution in [0.3, 0.4) is 0 Å². The lowest BCUT2D eigenvalue weighted by Crippen LogP contribution is -2.51. The number of hydrogen-bond donors (Lipinski definition) is 1. The fourth-order valence-electron chi connectivity index (χ4n) is 1.36. The summed E-state index contributed by atoms with van der Waals surface area (Å²) in [5.41, 5.74) is 0. The van der Waals surface area contributed by atoms with E-state index < -0.39 is 0 Å². The molecule has 0 amide bonds. The quantitative estimate of drug-likeness (QED) is 0.567. The average molecular weight is 127 g/mol. The predicted octanol–water partition coefficient (Wildman–Crippen LogP) is 0.0729. The highest BCUT2D eigenvalue weighted by atomic mass is 16.3. The van der Waals surface area contributed by atoms with Crippen molar-refractivity contribution in [1.29, 1.82) is 0 Å². The van der Waals surface area contributed by atoms with Gasteiger partial charge in [0, 0.05) is 19.6 Å². The van der Waals surface area contributed by atoms with Gasteiger partial charge >= 0.3 is 0 Å². The van der Waals surface area contributed by atoms with E-state index in [4.69, 9.17) is 5.11 Å². The Bertz CT molecular complexity index is 105. The van der Waals surface area contributed by atoms with Gasteiger partial charge in [-0.3, -0.25) is 4.90 Å². The molecule has 0 spiro atoms. The Morgan fingerprint density at radius 1 is 1.33 bits per heavy atom. The van der Waals surface area contributed by atoms with Gasteiger partial charge in [-0.1, -0.05) is 0 Å². The van der Waals surface area contributed by atoms with Crippen molar-refractivity contribution in [2.75, 3.05) is 19.6 Å². The average Bonchev–Trinajstić information content (AvgIpc) is 2.45. The summed E-state index contributed by atoms with van der Waals surface area (Å²) in [4.78, 5) is 2.34. The molecule has 2 aliphatic rings. The molecule has 2 heteroatoms. The van der Waals surface area contributed by atoms with Crippen LogP contribution in [0.2, 0.25) is 0 Å². The first-order valence-corrected chi connectivity index (χ1v) is 3.75. The second-order valence-electron chi connectivity index (χ2n) is 3.32. The second kappa shape index (κ2) is 1.96. The highest BCUT2D eigenvalue weighted by molar-refractivity contribution is 4.84. The van der Waals surface area contributed by atoms with E-state index in [2.05, 4.69) is 4.90 Å². The van der Waals surface area contributed by atoms with E-state index in [0.29, 0.717) is 0 Å². The lowest BCUT2D eigenvalue weighted by molar-refractivity contribution is -0.000274. The van der Waals surface area contributed by atoms with Crippen molar-refractivity contribution in [2.24, 2.45) is 5.92 Å². The zero-order valence-electron chi connectivity index (χ0n) is 5.58. The van der Waals surface area contributed by atoms with Crippen molar-refractivity contribution >= 4 is 0 Å². The van der Waals surface area contributed by atoms with Crippen molar-refractivity contribution in [2.45, 2.75) is 18.9 Å². The summed E-state index contributed by atoms with van der Waals surface area (Å²) in [6.45, 7) is 3.10. The van der Waals surface area contributed by atoms with Gasteiger partial charge in [-0.2, -0.15) is 0 Å². The Balaban J connectivity index is 1.64. The molecule has 1 saturated carbocycles. The van der Waals surface area contributed by atoms with E-state index >= 15 is 0 Å². The van der Waals surface area contributed by atoms with Gasteiger partial charge in [0.15, 0.2) is 0 Å². The number of nitrogens with zero attached hydrogens (tertiary/aromatic N) is 1. The molecule has 0 aromatic heterocycles. The molecule has 2 nitrogen and oxygen atoms in total. The van der Waals surface area contributed by atoms with Crippen LogP contribution in [0.5, 0.6) is 0 Å². The van der Waals surface area contributed by atoms with Crippen LogP contribution in [-0.2, 0) is 0 Å². The van der Waals surface area contributed by atoms with Crippen LogP contribution in [-0.4, -0.2) is 35.7 Å². The molecule has 1 saturated heterocycles. The van der Waals surface area contributed by atoms with Crippen LogP contribution in [0.15, 0.2) is 0 Å². The standard InChI is InChI=1S/C7H13NO/c9-7-4-8(5-7)3-6-1-2-6/h6-7,9H,1-5H2. The molecule has 0 atom stereocenters. The summed E-state index contributed by atoms with van der Waals surface area (Å²) < 4.78 is 0. The number of likely N-dealkylation sites (tertiary alicyclic amines) is 1. The van der Waals surface area contributed by atoms with Gasteiger partial charge < -0.3 is 5.11 Å². The van der Waals surface area contributed by atoms with Gasteiger partial charge in [0.25, 0.3) is 0 Å². The largest absolute Gasteiger partial charge is 0.390 e. The van der Waals surface area contributed by atoms with Crippen LogP contribution in [0, 0.1) is 5.92 Å². The van der Waals surface area contributed by atoms with Crippen molar-refractivity contribution in [1.82, 2.24) is 4.90 Å². The summed E-state index contributed by atoms with van der Waals surface area (Å²) in [5.74, 6) is 0.984. The molecule has 0 bridgehead atoms. The monoisotopic (exact) mass is 127 g/mol. The third kappa shape index (κ3) is 1.25. The molecule has 0 radical (unpaired) electrons. The van der Waals surface area contributed by atoms with Crippen molar-refractivity contribution in [3.05, 3.63) is 0 Å². The fraction of sp³-hybridized carbons (Fsp3) is 1.00. The van der Waals surface area contributed by atoms with Crippen molar-refractivity contribution < 1.29 is 5.11 Å². The molecule has 0 aromatic rings. The van der Waals surface area contributed by atoms with Crippen molar-refractivity contribution in [3.8, 4) is 0 Å². The smallest absolute Gasteiger partial charge is 0.0793 e. The molecule has 1 aliphatic heterocycles. The second-order valence-corrected chi connectivity index (χ2v) is 3.32. The molecule has 1 N–H and O–H groups in total. The lowest BCUT2D eigenvalue weighted by atomic mass is 10.1. The Morgan fingerprint density at radius 3 is 2.44 bits per heavy atom. The van der Waals surface area contributed by atoms with E-state index in [1.54, 1.807) is 0 Å². The normalized spacial score (nSPS) is 30.3. The molecule has 2 rings (SSSR count). The highest BCUT2D eigenvalue weighted by Crippen LogP contribution is 2.30. The van der Waals surface area contributed by atoms with Crippen LogP contribution < -0.4 is 0 Å². The molecule has 0 unspecified atom stereocenters. The first kappa shape index (κ1) is 5.69. The van der Waals surface area contributed by atoms with Crippen LogP contribution in [0.25, 0.3) is 0 Å². The Morgan fingerprint density at radius 2 is 2.00 bits per heavy atom. The third-order valence-electron chi connectivity index (χ3n) is 2.15. The highest BCUT2D eigenvalue weighted by Gasteiger charge is 2.30. The SMILES string of the molecule is OC1CN(CC2CC2)C1. The number of aliphatic hydroxyl groups excluding tert-OH is 1. The maximum Gasteiger partial charge on any atom is 0.0793 e. The van der Waals surface area contributed by atoms with E-state index in [9.17, 15) is 0 Å². The zero-order valence-corrected chi connectivity index (χ0v) is 5.58. The minimum Gasteiger partial charge on any atom is -0.390 e. The summed E-state index contributed by atoms with van der Waals surface area (Å²) in [7, 11) is 0. The van der Waals surface area contributed by atoms with Crippen LogP contribution in [0.1, 0.15) is 12.8 Å². The molecule has 0 aromatic carbocycles. The fourth-order valence-corrected chi connectivity index (χ4v) is 1.36. The minimum atomic E-state index is -0.0104. The van der Waals surface area contributed by atoms with Gasteiger partial charge in [0.1, 0.15) is 0 Å². The van der Waals surface area contributed by atoms with E-state index in [1.165, 1.54) is 19.4 Å². The number of hydrogen-bond acceptors (Lipinski definition) is 2. The van der Waals surface area contributed by atoms with E-state index in [0.717, 1.165) is 19.0 Å². The molecule has 1 aliphatic carbocycles. The van der Waals surface area contributed by atoms with Gasteiger partial charge in [0.2, 0.25) is 0 Å². The maximum atomic E-state index is 8.91. The Hall–Kier alpha value is -0.0800. The minimum absolute atomic E-state index is 0.0104. The van der Waals surface area contributed by atoms with Gasteiger partial charge in [-0.15, -0.1) is 0 Å².